The molecule has 2 saturated heterocycles. The molecule has 1 aromatic heterocycles. The van der Waals surface area contributed by atoms with Gasteiger partial charge in [0, 0.05) is 45.0 Å². The first-order valence-electron chi connectivity index (χ1n) is 8.29. The Morgan fingerprint density at radius 1 is 1.18 bits per heavy atom. The molecule has 22 heavy (non-hydrogen) atoms. The minimum Gasteiger partial charge on any atom is -0.356 e. The molecule has 1 aromatic rings. The molecule has 5 heteroatoms. The minimum absolute atomic E-state index is 0.125. The number of piperidine rings is 1. The molecule has 0 spiro atoms. The van der Waals surface area contributed by atoms with Gasteiger partial charge in [0.05, 0.1) is 5.92 Å². The number of piperazine rings is 1. The number of hydrogen-bond donors (Lipinski definition) is 0. The molecule has 0 radical (unpaired) electrons. The predicted octanol–water partition coefficient (Wildman–Crippen LogP) is 1.38. The van der Waals surface area contributed by atoms with Crippen LogP contribution in [0.2, 0.25) is 0 Å². The number of aromatic nitrogens is 1. The fourth-order valence-electron chi connectivity index (χ4n) is 3.38. The standard InChI is InChI=1S/C17H26N4O/c1-14-5-3-7-16(18-14)21-8-4-6-15(13-21)17(22)20-11-9-19(2)10-12-20/h3,5,7,15H,4,6,8-13H2,1-2H3/t15-/m0/s1. The average molecular weight is 302 g/mol. The molecule has 0 saturated carbocycles. The number of aryl methyl sites for hydroxylation is 1. The molecule has 3 heterocycles. The van der Waals surface area contributed by atoms with E-state index in [1.54, 1.807) is 0 Å². The number of pyridine rings is 1. The molecule has 0 N–H and O–H groups in total. The number of likely N-dealkylation sites (N-methyl/N-ethyl adjacent to an activating group) is 1. The maximum absolute atomic E-state index is 12.8. The van der Waals surface area contributed by atoms with E-state index in [1.807, 2.05) is 19.1 Å². The normalized spacial score (nSPS) is 23.6. The van der Waals surface area contributed by atoms with Crippen LogP contribution in [-0.2, 0) is 4.79 Å². The van der Waals surface area contributed by atoms with Crippen molar-refractivity contribution in [3.8, 4) is 0 Å². The van der Waals surface area contributed by atoms with E-state index in [2.05, 4.69) is 32.8 Å². The quantitative estimate of drug-likeness (QED) is 0.827. The molecule has 2 aliphatic rings. The first-order chi connectivity index (χ1) is 10.6. The highest BCUT2D eigenvalue weighted by molar-refractivity contribution is 5.80. The summed E-state index contributed by atoms with van der Waals surface area (Å²) < 4.78 is 0. The zero-order chi connectivity index (χ0) is 15.5. The lowest BCUT2D eigenvalue weighted by molar-refractivity contribution is -0.137. The van der Waals surface area contributed by atoms with Crippen molar-refractivity contribution >= 4 is 11.7 Å². The highest BCUT2D eigenvalue weighted by atomic mass is 16.2. The maximum atomic E-state index is 12.8. The lowest BCUT2D eigenvalue weighted by atomic mass is 9.96. The van der Waals surface area contributed by atoms with E-state index in [0.717, 1.165) is 63.6 Å². The molecule has 0 aromatic carbocycles. The summed E-state index contributed by atoms with van der Waals surface area (Å²) in [5.74, 6) is 1.47. The second kappa shape index (κ2) is 6.65. The van der Waals surface area contributed by atoms with Crippen LogP contribution in [0.4, 0.5) is 5.82 Å². The van der Waals surface area contributed by atoms with E-state index >= 15 is 0 Å². The summed E-state index contributed by atoms with van der Waals surface area (Å²) in [4.78, 5) is 24.0. The van der Waals surface area contributed by atoms with Crippen molar-refractivity contribution in [3.05, 3.63) is 23.9 Å². The van der Waals surface area contributed by atoms with Gasteiger partial charge in [0.25, 0.3) is 0 Å². The number of amides is 1. The number of anilines is 1. The van der Waals surface area contributed by atoms with Crippen molar-refractivity contribution < 1.29 is 4.79 Å². The topological polar surface area (TPSA) is 39.7 Å². The number of carbonyl (C=O) groups excluding carboxylic acids is 1. The molecule has 5 nitrogen and oxygen atoms in total. The van der Waals surface area contributed by atoms with Gasteiger partial charge in [-0.15, -0.1) is 0 Å². The highest BCUT2D eigenvalue weighted by Crippen LogP contribution is 2.23. The summed E-state index contributed by atoms with van der Waals surface area (Å²) in [6.45, 7) is 7.54. The molecular weight excluding hydrogens is 276 g/mol. The summed E-state index contributed by atoms with van der Waals surface area (Å²) in [6, 6.07) is 6.11. The molecule has 120 valence electrons. The Kier molecular flexibility index (Phi) is 4.62. The molecule has 1 amide bonds. The average Bonchev–Trinajstić information content (AvgIpc) is 2.55. The Morgan fingerprint density at radius 3 is 2.68 bits per heavy atom. The van der Waals surface area contributed by atoms with Gasteiger partial charge < -0.3 is 14.7 Å². The van der Waals surface area contributed by atoms with Gasteiger partial charge in [-0.05, 0) is 38.9 Å². The molecule has 3 rings (SSSR count). The molecule has 0 aliphatic carbocycles. The first-order valence-corrected chi connectivity index (χ1v) is 8.29. The summed E-state index contributed by atoms with van der Waals surface area (Å²) in [5, 5.41) is 0. The van der Waals surface area contributed by atoms with Crippen molar-refractivity contribution in [1.82, 2.24) is 14.8 Å². The van der Waals surface area contributed by atoms with E-state index < -0.39 is 0 Å². The van der Waals surface area contributed by atoms with Crippen LogP contribution in [-0.4, -0.2) is 67.0 Å². The van der Waals surface area contributed by atoms with Crippen LogP contribution in [0, 0.1) is 12.8 Å². The first kappa shape index (κ1) is 15.3. The Hall–Kier alpha value is -1.62. The second-order valence-electron chi connectivity index (χ2n) is 6.55. The van der Waals surface area contributed by atoms with Crippen LogP contribution in [0.3, 0.4) is 0 Å². The number of carbonyl (C=O) groups is 1. The third kappa shape index (κ3) is 3.40. The fourth-order valence-corrected chi connectivity index (χ4v) is 3.38. The van der Waals surface area contributed by atoms with Crippen molar-refractivity contribution in [2.45, 2.75) is 19.8 Å². The molecule has 2 aliphatic heterocycles. The maximum Gasteiger partial charge on any atom is 0.227 e. The number of nitrogens with zero attached hydrogens (tertiary/aromatic N) is 4. The molecular formula is C17H26N4O. The molecule has 0 bridgehead atoms. The van der Waals surface area contributed by atoms with Gasteiger partial charge >= 0.3 is 0 Å². The van der Waals surface area contributed by atoms with Gasteiger partial charge in [0.1, 0.15) is 5.82 Å². The van der Waals surface area contributed by atoms with Crippen LogP contribution in [0.1, 0.15) is 18.5 Å². The van der Waals surface area contributed by atoms with Crippen LogP contribution >= 0.6 is 0 Å². The van der Waals surface area contributed by atoms with E-state index in [4.69, 9.17) is 0 Å². The Labute approximate surface area is 132 Å². The van der Waals surface area contributed by atoms with Gasteiger partial charge in [0.2, 0.25) is 5.91 Å². The molecule has 1 atom stereocenters. The minimum atomic E-state index is 0.125. The monoisotopic (exact) mass is 302 g/mol. The van der Waals surface area contributed by atoms with E-state index in [1.165, 1.54) is 0 Å². The second-order valence-corrected chi connectivity index (χ2v) is 6.55. The van der Waals surface area contributed by atoms with Gasteiger partial charge in [-0.1, -0.05) is 6.07 Å². The summed E-state index contributed by atoms with van der Waals surface area (Å²) in [6.07, 6.45) is 2.08. The fraction of sp³-hybridized carbons (Fsp3) is 0.647. The lowest BCUT2D eigenvalue weighted by Gasteiger charge is -2.38. The summed E-state index contributed by atoms with van der Waals surface area (Å²) in [5.41, 5.74) is 1.03. The van der Waals surface area contributed by atoms with E-state index in [9.17, 15) is 4.79 Å². The van der Waals surface area contributed by atoms with Gasteiger partial charge in [-0.2, -0.15) is 0 Å². The Bertz CT molecular complexity index is 525. The third-order valence-corrected chi connectivity index (χ3v) is 4.78. The lowest BCUT2D eigenvalue weighted by Crippen LogP contribution is -2.51. The van der Waals surface area contributed by atoms with Crippen molar-refractivity contribution in [3.63, 3.8) is 0 Å². The van der Waals surface area contributed by atoms with Crippen LogP contribution < -0.4 is 4.90 Å². The molecule has 0 unspecified atom stereocenters. The Morgan fingerprint density at radius 2 is 1.95 bits per heavy atom. The largest absolute Gasteiger partial charge is 0.356 e. The van der Waals surface area contributed by atoms with Gasteiger partial charge in [0.15, 0.2) is 0 Å². The van der Waals surface area contributed by atoms with Crippen LogP contribution in [0.25, 0.3) is 0 Å². The van der Waals surface area contributed by atoms with Crippen molar-refractivity contribution in [2.24, 2.45) is 5.92 Å². The molecule has 2 fully saturated rings. The summed E-state index contributed by atoms with van der Waals surface area (Å²) >= 11 is 0. The number of rotatable bonds is 2. The van der Waals surface area contributed by atoms with Gasteiger partial charge in [-0.25, -0.2) is 4.98 Å². The van der Waals surface area contributed by atoms with Crippen molar-refractivity contribution in [1.29, 1.82) is 0 Å². The number of hydrogen-bond acceptors (Lipinski definition) is 4. The van der Waals surface area contributed by atoms with Crippen molar-refractivity contribution in [2.75, 3.05) is 51.2 Å². The summed E-state index contributed by atoms with van der Waals surface area (Å²) in [7, 11) is 2.12. The third-order valence-electron chi connectivity index (χ3n) is 4.78. The van der Waals surface area contributed by atoms with E-state index in [-0.39, 0.29) is 5.92 Å². The van der Waals surface area contributed by atoms with Crippen LogP contribution in [0.5, 0.6) is 0 Å². The Balaban J connectivity index is 1.64. The smallest absolute Gasteiger partial charge is 0.227 e. The zero-order valence-corrected chi connectivity index (χ0v) is 13.7. The van der Waals surface area contributed by atoms with Crippen LogP contribution in [0.15, 0.2) is 18.2 Å². The SMILES string of the molecule is Cc1cccc(N2CCC[C@H](C(=O)N3CCN(C)CC3)C2)n1. The zero-order valence-electron chi connectivity index (χ0n) is 13.7. The highest BCUT2D eigenvalue weighted by Gasteiger charge is 2.30. The predicted molar refractivity (Wildman–Crippen MR) is 88.0 cm³/mol. The van der Waals surface area contributed by atoms with E-state index in [0.29, 0.717) is 5.91 Å². The van der Waals surface area contributed by atoms with Gasteiger partial charge in [-0.3, -0.25) is 4.79 Å².